The molecule has 2 heterocycles. The van der Waals surface area contributed by atoms with Crippen LogP contribution in [0.15, 0.2) is 40.9 Å². The number of sulfonamides is 1. The van der Waals surface area contributed by atoms with Crippen LogP contribution in [0, 0.1) is 0 Å². The van der Waals surface area contributed by atoms with Crippen molar-refractivity contribution < 1.29 is 35.6 Å². The summed E-state index contributed by atoms with van der Waals surface area (Å²) < 4.78 is 73.0. The van der Waals surface area contributed by atoms with E-state index in [2.05, 4.69) is 20.2 Å². The van der Waals surface area contributed by atoms with Gasteiger partial charge in [-0.05, 0) is 62.1 Å². The van der Waals surface area contributed by atoms with E-state index in [0.29, 0.717) is 48.3 Å². The molecule has 0 radical (unpaired) electrons. The molecule has 2 amide bonds. The van der Waals surface area contributed by atoms with Gasteiger partial charge in [-0.2, -0.15) is 9.29 Å². The van der Waals surface area contributed by atoms with Crippen molar-refractivity contribution in [2.24, 2.45) is 0 Å². The topological polar surface area (TPSA) is 118 Å². The third kappa shape index (κ3) is 5.77. The van der Waals surface area contributed by atoms with Gasteiger partial charge < -0.3 is 19.5 Å². The maximum Gasteiger partial charge on any atom is 0.573 e. The van der Waals surface area contributed by atoms with Crippen molar-refractivity contribution in [1.82, 2.24) is 19.3 Å². The van der Waals surface area contributed by atoms with Gasteiger partial charge in [-0.25, -0.2) is 13.2 Å². The van der Waals surface area contributed by atoms with Crippen LogP contribution in [0.3, 0.4) is 0 Å². The van der Waals surface area contributed by atoms with Crippen molar-refractivity contribution in [2.45, 2.75) is 42.7 Å². The number of carbonyl (C=O) groups excluding carboxylic acids is 1. The van der Waals surface area contributed by atoms with Crippen LogP contribution in [-0.2, 0) is 15.4 Å². The number of urea groups is 1. The van der Waals surface area contributed by atoms with Gasteiger partial charge in [0.05, 0.1) is 10.7 Å². The fourth-order valence-electron chi connectivity index (χ4n) is 5.07. The Kier molecular flexibility index (Phi) is 7.31. The second-order valence-corrected chi connectivity index (χ2v) is 13.5. The molecule has 42 heavy (non-hydrogen) atoms. The fraction of sp³-hybridized carbons (Fsp3) is 0.423. The molecule has 1 N–H and O–H groups in total. The molecule has 1 saturated heterocycles. The number of aromatic nitrogens is 2. The zero-order valence-corrected chi connectivity index (χ0v) is 24.2. The molecule has 0 atom stereocenters. The highest BCUT2D eigenvalue weighted by atomic mass is 35.5. The molecule has 10 nitrogen and oxygen atoms in total. The molecule has 3 aromatic rings. The molecule has 2 aliphatic carbocycles. The lowest BCUT2D eigenvalue weighted by atomic mass is 9.94. The Morgan fingerprint density at radius 2 is 1.67 bits per heavy atom. The van der Waals surface area contributed by atoms with E-state index in [1.165, 1.54) is 16.4 Å². The van der Waals surface area contributed by atoms with E-state index in [4.69, 9.17) is 27.7 Å². The molecule has 1 aromatic heterocycles. The minimum atomic E-state index is -4.80. The SMILES string of the molecule is O=C(Nc1cc(Cl)c(C2(c3noc(-c4ccc(OC(F)(F)F)cc4)n3)CC2)c(Cl)c1)N1CCN(S(=O)(=O)C2CC2)CC1. The summed E-state index contributed by atoms with van der Waals surface area (Å²) in [5, 5.41) is 7.17. The zero-order chi connectivity index (χ0) is 29.9. The molecule has 3 aliphatic rings. The van der Waals surface area contributed by atoms with Crippen molar-refractivity contribution in [3.8, 4) is 17.2 Å². The maximum atomic E-state index is 12.9. The Balaban J connectivity index is 1.13. The van der Waals surface area contributed by atoms with Crippen LogP contribution in [0.2, 0.25) is 10.0 Å². The predicted molar refractivity (Wildman–Crippen MR) is 147 cm³/mol. The van der Waals surface area contributed by atoms with Crippen LogP contribution in [0.1, 0.15) is 37.1 Å². The van der Waals surface area contributed by atoms with E-state index in [9.17, 15) is 26.4 Å². The minimum Gasteiger partial charge on any atom is -0.406 e. The average Bonchev–Trinajstić information content (AvgIpc) is 3.86. The van der Waals surface area contributed by atoms with Crippen molar-refractivity contribution in [3.05, 3.63) is 57.8 Å². The summed E-state index contributed by atoms with van der Waals surface area (Å²) in [6.07, 6.45) is -2.17. The maximum absolute atomic E-state index is 12.9. The normalized spacial score (nSPS) is 19.0. The number of halogens is 5. The molecular weight excluding hydrogens is 622 g/mol. The summed E-state index contributed by atoms with van der Waals surface area (Å²) in [5.74, 6) is 0.0582. The number of benzene rings is 2. The number of piperazine rings is 1. The molecule has 0 spiro atoms. The van der Waals surface area contributed by atoms with E-state index in [1.807, 2.05) is 0 Å². The monoisotopic (exact) mass is 645 g/mol. The summed E-state index contributed by atoms with van der Waals surface area (Å²) >= 11 is 13.3. The van der Waals surface area contributed by atoms with Crippen LogP contribution in [-0.4, -0.2) is 71.6 Å². The van der Waals surface area contributed by atoms with E-state index < -0.39 is 27.8 Å². The number of carbonyl (C=O) groups is 1. The van der Waals surface area contributed by atoms with Gasteiger partial charge in [0.25, 0.3) is 5.89 Å². The summed E-state index contributed by atoms with van der Waals surface area (Å²) in [6.45, 7) is 1.01. The van der Waals surface area contributed by atoms with Gasteiger partial charge in [-0.1, -0.05) is 28.4 Å². The van der Waals surface area contributed by atoms with Crippen molar-refractivity contribution in [1.29, 1.82) is 0 Å². The lowest BCUT2D eigenvalue weighted by molar-refractivity contribution is -0.274. The standard InChI is InChI=1S/C26H24Cl2F3N5O5S/c27-19-13-16(32-24(37)35-9-11-36(12-10-35)42(38,39)18-5-6-18)14-20(28)21(19)25(7-8-25)23-33-22(41-34-23)15-1-3-17(4-2-15)40-26(29,30)31/h1-4,13-14,18H,5-12H2,(H,32,37). The Hall–Kier alpha value is -3.07. The first-order chi connectivity index (χ1) is 19.9. The number of amides is 2. The molecule has 2 aromatic carbocycles. The van der Waals surface area contributed by atoms with Gasteiger partial charge in [0.15, 0.2) is 5.82 Å². The van der Waals surface area contributed by atoms with Gasteiger partial charge >= 0.3 is 12.4 Å². The van der Waals surface area contributed by atoms with E-state index >= 15 is 0 Å². The molecular formula is C26H24Cl2F3N5O5S. The number of anilines is 1. The van der Waals surface area contributed by atoms with E-state index in [1.54, 1.807) is 17.0 Å². The smallest absolute Gasteiger partial charge is 0.406 e. The molecule has 224 valence electrons. The lowest BCUT2D eigenvalue weighted by Gasteiger charge is -2.34. The molecule has 3 fully saturated rings. The van der Waals surface area contributed by atoms with Crippen molar-refractivity contribution >= 4 is 44.9 Å². The largest absolute Gasteiger partial charge is 0.573 e. The highest BCUT2D eigenvalue weighted by molar-refractivity contribution is 7.90. The molecule has 16 heteroatoms. The average molecular weight is 646 g/mol. The first-order valence-electron chi connectivity index (χ1n) is 13.1. The summed E-state index contributed by atoms with van der Waals surface area (Å²) in [6, 6.07) is 7.81. The highest BCUT2D eigenvalue weighted by Gasteiger charge is 2.52. The number of ether oxygens (including phenoxy) is 1. The number of nitrogens with zero attached hydrogens (tertiary/aromatic N) is 4. The molecule has 1 aliphatic heterocycles. The number of hydrogen-bond acceptors (Lipinski definition) is 7. The fourth-order valence-corrected chi connectivity index (χ4v) is 7.75. The quantitative estimate of drug-likeness (QED) is 0.352. The van der Waals surface area contributed by atoms with Crippen LogP contribution in [0.5, 0.6) is 5.75 Å². The van der Waals surface area contributed by atoms with Gasteiger partial charge in [0.1, 0.15) is 5.75 Å². The highest BCUT2D eigenvalue weighted by Crippen LogP contribution is 2.57. The molecule has 0 bridgehead atoms. The first-order valence-corrected chi connectivity index (χ1v) is 15.4. The molecule has 0 unspecified atom stereocenters. The van der Waals surface area contributed by atoms with E-state index in [-0.39, 0.29) is 53.1 Å². The van der Waals surface area contributed by atoms with Crippen LogP contribution in [0.25, 0.3) is 11.5 Å². The Labute approximate surface area is 248 Å². The summed E-state index contributed by atoms with van der Waals surface area (Å²) in [5.41, 5.74) is 0.628. The first kappa shape index (κ1) is 29.0. The Morgan fingerprint density at radius 3 is 2.21 bits per heavy atom. The van der Waals surface area contributed by atoms with Crippen LogP contribution >= 0.6 is 23.2 Å². The van der Waals surface area contributed by atoms with Gasteiger partial charge in [0.2, 0.25) is 10.0 Å². The minimum absolute atomic E-state index is 0.107. The van der Waals surface area contributed by atoms with Crippen LogP contribution < -0.4 is 10.1 Å². The van der Waals surface area contributed by atoms with Gasteiger partial charge in [0, 0.05) is 53.0 Å². The second-order valence-electron chi connectivity index (χ2n) is 10.5. The van der Waals surface area contributed by atoms with Crippen LogP contribution in [0.4, 0.5) is 23.7 Å². The Bertz CT molecular complexity index is 1590. The number of alkyl halides is 3. The van der Waals surface area contributed by atoms with E-state index in [0.717, 1.165) is 12.1 Å². The summed E-state index contributed by atoms with van der Waals surface area (Å²) in [4.78, 5) is 18.9. The zero-order valence-electron chi connectivity index (χ0n) is 21.8. The van der Waals surface area contributed by atoms with Gasteiger partial charge in [-0.15, -0.1) is 13.2 Å². The van der Waals surface area contributed by atoms with Crippen molar-refractivity contribution in [3.63, 3.8) is 0 Å². The third-order valence-corrected chi connectivity index (χ3v) is 10.5. The number of rotatable bonds is 7. The predicted octanol–water partition coefficient (Wildman–Crippen LogP) is 5.66. The second kappa shape index (κ2) is 10.6. The summed E-state index contributed by atoms with van der Waals surface area (Å²) in [7, 11) is -3.29. The van der Waals surface area contributed by atoms with Gasteiger partial charge in [-0.3, -0.25) is 0 Å². The number of nitrogens with one attached hydrogen (secondary N) is 1. The third-order valence-electron chi connectivity index (χ3n) is 7.54. The van der Waals surface area contributed by atoms with Crippen molar-refractivity contribution in [2.75, 3.05) is 31.5 Å². The Morgan fingerprint density at radius 1 is 1.05 bits per heavy atom. The molecule has 6 rings (SSSR count). The number of hydrogen-bond donors (Lipinski definition) is 1. The molecule has 2 saturated carbocycles. The lowest BCUT2D eigenvalue weighted by Crippen LogP contribution is -2.52.